The van der Waals surface area contributed by atoms with Gasteiger partial charge in [0.2, 0.25) is 0 Å². The van der Waals surface area contributed by atoms with Crippen molar-refractivity contribution in [1.82, 2.24) is 0 Å². The largest absolute Gasteiger partial charge is 1.00 e. The van der Waals surface area contributed by atoms with Gasteiger partial charge >= 0.3 is 45.9 Å². The molecule has 0 rings (SSSR count). The SMILES string of the molecule is CCCCCCCCCCCCCCCCCCOS(=O)(=O)OC(C)=O.[H-].[Na+]. The van der Waals surface area contributed by atoms with E-state index in [9.17, 15) is 13.2 Å². The van der Waals surface area contributed by atoms with Crippen LogP contribution < -0.4 is 29.6 Å². The monoisotopic (exact) mass is 416 g/mol. The average molecular weight is 417 g/mol. The minimum atomic E-state index is -4.15. The maximum absolute atomic E-state index is 11.1. The Morgan fingerprint density at radius 1 is 0.704 bits per heavy atom. The van der Waals surface area contributed by atoms with Gasteiger partial charge in [-0.2, -0.15) is 8.42 Å². The minimum absolute atomic E-state index is 0. The summed E-state index contributed by atoms with van der Waals surface area (Å²) in [4.78, 5) is 10.6. The van der Waals surface area contributed by atoms with Gasteiger partial charge in [-0.3, -0.25) is 4.79 Å². The Morgan fingerprint density at radius 3 is 1.37 bits per heavy atom. The van der Waals surface area contributed by atoms with Crippen molar-refractivity contribution in [2.75, 3.05) is 6.61 Å². The topological polar surface area (TPSA) is 69.7 Å². The van der Waals surface area contributed by atoms with E-state index in [0.717, 1.165) is 19.8 Å². The van der Waals surface area contributed by atoms with Crippen molar-refractivity contribution < 1.29 is 52.6 Å². The van der Waals surface area contributed by atoms with Gasteiger partial charge in [-0.1, -0.05) is 103 Å². The van der Waals surface area contributed by atoms with E-state index in [1.807, 2.05) is 0 Å². The summed E-state index contributed by atoms with van der Waals surface area (Å²) < 4.78 is 30.9. The number of hydrogen-bond donors (Lipinski definition) is 0. The van der Waals surface area contributed by atoms with Gasteiger partial charge in [0.1, 0.15) is 0 Å². The molecule has 158 valence electrons. The molecular weight excluding hydrogens is 375 g/mol. The first kappa shape index (κ1) is 29.6. The van der Waals surface area contributed by atoms with Gasteiger partial charge in [-0.15, -0.1) is 0 Å². The standard InChI is InChI=1S/C20H40O5S.Na.H/c1-3-4-5-6-7-8-9-10-11-12-13-14-15-16-17-18-19-24-26(22,23)25-20(2)21;;/h3-19H2,1-2H3;;/q;+1;-1. The number of carbonyl (C=O) groups is 1. The van der Waals surface area contributed by atoms with Gasteiger partial charge < -0.3 is 5.61 Å². The Morgan fingerprint density at radius 2 is 1.04 bits per heavy atom. The van der Waals surface area contributed by atoms with E-state index < -0.39 is 16.4 Å². The van der Waals surface area contributed by atoms with Crippen molar-refractivity contribution in [3.05, 3.63) is 0 Å². The van der Waals surface area contributed by atoms with Crippen LogP contribution >= 0.6 is 0 Å². The zero-order chi connectivity index (χ0) is 19.5. The van der Waals surface area contributed by atoms with Crippen LogP contribution in [-0.4, -0.2) is 21.0 Å². The Bertz CT molecular complexity index is 432. The van der Waals surface area contributed by atoms with Crippen LogP contribution in [0.3, 0.4) is 0 Å². The Kier molecular flexibility index (Phi) is 23.1. The predicted molar refractivity (Wildman–Crippen MR) is 107 cm³/mol. The smallest absolute Gasteiger partial charge is 1.00 e. The predicted octanol–water partition coefficient (Wildman–Crippen LogP) is 3.19. The third kappa shape index (κ3) is 24.3. The first-order valence-electron chi connectivity index (χ1n) is 10.6. The van der Waals surface area contributed by atoms with E-state index in [2.05, 4.69) is 15.3 Å². The second-order valence-corrected chi connectivity index (χ2v) is 8.33. The maximum atomic E-state index is 11.1. The summed E-state index contributed by atoms with van der Waals surface area (Å²) >= 11 is 0. The van der Waals surface area contributed by atoms with Crippen LogP contribution in [0.1, 0.15) is 118 Å². The van der Waals surface area contributed by atoms with E-state index in [1.165, 1.54) is 83.5 Å². The summed E-state index contributed by atoms with van der Waals surface area (Å²) in [6, 6.07) is 0. The van der Waals surface area contributed by atoms with E-state index in [0.29, 0.717) is 6.42 Å². The van der Waals surface area contributed by atoms with E-state index in [4.69, 9.17) is 0 Å². The van der Waals surface area contributed by atoms with Crippen LogP contribution in [0, 0.1) is 0 Å². The van der Waals surface area contributed by atoms with Gasteiger partial charge in [-0.25, -0.2) is 4.18 Å². The quantitative estimate of drug-likeness (QED) is 0.239. The van der Waals surface area contributed by atoms with Gasteiger partial charge in [0, 0.05) is 6.92 Å². The molecule has 0 spiro atoms. The maximum Gasteiger partial charge on any atom is 1.00 e. The van der Waals surface area contributed by atoms with Crippen LogP contribution in [0.5, 0.6) is 0 Å². The molecular formula is C20H41NaO5S. The van der Waals surface area contributed by atoms with Gasteiger partial charge in [0.25, 0.3) is 0 Å². The molecule has 0 unspecified atom stereocenters. The van der Waals surface area contributed by atoms with Crippen molar-refractivity contribution in [1.29, 1.82) is 0 Å². The first-order valence-corrected chi connectivity index (χ1v) is 11.9. The van der Waals surface area contributed by atoms with E-state index >= 15 is 0 Å². The molecule has 0 aromatic carbocycles. The van der Waals surface area contributed by atoms with Crippen molar-refractivity contribution in [2.45, 2.75) is 117 Å². The first-order chi connectivity index (χ1) is 12.5. The molecule has 0 atom stereocenters. The van der Waals surface area contributed by atoms with Crippen molar-refractivity contribution in [2.24, 2.45) is 0 Å². The fraction of sp³-hybridized carbons (Fsp3) is 0.950. The Balaban J connectivity index is -0.00000312. The van der Waals surface area contributed by atoms with Crippen LogP contribution in [-0.2, 0) is 23.6 Å². The number of unbranched alkanes of at least 4 members (excludes halogenated alkanes) is 15. The molecule has 0 fully saturated rings. The summed E-state index contributed by atoms with van der Waals surface area (Å²) in [6.45, 7) is 3.37. The second-order valence-electron chi connectivity index (χ2n) is 7.11. The average Bonchev–Trinajstić information content (AvgIpc) is 2.56. The van der Waals surface area contributed by atoms with Gasteiger partial charge in [0.05, 0.1) is 6.61 Å². The molecule has 0 N–H and O–H groups in total. The van der Waals surface area contributed by atoms with Crippen molar-refractivity contribution in [3.63, 3.8) is 0 Å². The van der Waals surface area contributed by atoms with Crippen LogP contribution in [0.15, 0.2) is 0 Å². The van der Waals surface area contributed by atoms with Crippen LogP contribution in [0.2, 0.25) is 0 Å². The third-order valence-corrected chi connectivity index (χ3v) is 5.34. The number of carbonyl (C=O) groups excluding carboxylic acids is 1. The zero-order valence-electron chi connectivity index (χ0n) is 19.0. The molecule has 0 amide bonds. The van der Waals surface area contributed by atoms with Crippen molar-refractivity contribution >= 4 is 16.4 Å². The van der Waals surface area contributed by atoms with E-state index in [1.54, 1.807) is 0 Å². The molecule has 0 aliphatic carbocycles. The normalized spacial score (nSPS) is 11.2. The summed E-state index contributed by atoms with van der Waals surface area (Å²) in [5, 5.41) is 0. The van der Waals surface area contributed by atoms with Crippen LogP contribution in [0.25, 0.3) is 0 Å². The van der Waals surface area contributed by atoms with E-state index in [-0.39, 0.29) is 37.6 Å². The van der Waals surface area contributed by atoms with Gasteiger partial charge in [0.15, 0.2) is 0 Å². The molecule has 0 aromatic rings. The number of rotatable bonds is 19. The fourth-order valence-electron chi connectivity index (χ4n) is 2.98. The molecule has 0 aromatic heterocycles. The summed E-state index contributed by atoms with van der Waals surface area (Å²) in [5.41, 5.74) is 0. The Hall–Kier alpha value is 0.380. The summed E-state index contributed by atoms with van der Waals surface area (Å²) in [6.07, 6.45) is 20.2. The third-order valence-electron chi connectivity index (χ3n) is 4.44. The molecule has 0 saturated carbocycles. The molecule has 7 heteroatoms. The second kappa shape index (κ2) is 21.1. The van der Waals surface area contributed by atoms with Gasteiger partial charge in [-0.05, 0) is 6.42 Å². The van der Waals surface area contributed by atoms with Crippen molar-refractivity contribution in [3.8, 4) is 0 Å². The Labute approximate surface area is 191 Å². The fourth-order valence-corrected chi connectivity index (χ4v) is 3.64. The summed E-state index contributed by atoms with van der Waals surface area (Å²) in [7, 11) is -4.15. The minimum Gasteiger partial charge on any atom is -1.00 e. The molecule has 0 saturated heterocycles. The molecule has 0 aliphatic heterocycles. The summed E-state index contributed by atoms with van der Waals surface area (Å²) in [5.74, 6) is -0.878. The molecule has 0 bridgehead atoms. The molecule has 0 radical (unpaired) electrons. The molecule has 27 heavy (non-hydrogen) atoms. The number of hydrogen-bond acceptors (Lipinski definition) is 5. The van der Waals surface area contributed by atoms with Crippen LogP contribution in [0.4, 0.5) is 0 Å². The zero-order valence-corrected chi connectivity index (χ0v) is 20.8. The molecule has 0 heterocycles. The molecule has 5 nitrogen and oxygen atoms in total. The molecule has 0 aliphatic rings.